The second-order valence-corrected chi connectivity index (χ2v) is 11.7. The highest BCUT2D eigenvalue weighted by Gasteiger charge is 2.25. The first kappa shape index (κ1) is 24.8. The smallest absolute Gasteiger partial charge is 0.318 e. The lowest BCUT2D eigenvalue weighted by atomic mass is 10.2. The van der Waals surface area contributed by atoms with Crippen LogP contribution in [0.3, 0.4) is 0 Å². The number of carboxylic acid groups (broad SMARTS) is 1. The molecule has 2 N–H and O–H groups in total. The summed E-state index contributed by atoms with van der Waals surface area (Å²) in [5, 5.41) is 11.9. The normalized spacial score (nSPS) is 14.2. The molecule has 1 heterocycles. The van der Waals surface area contributed by atoms with Gasteiger partial charge in [0.1, 0.15) is 24.4 Å². The number of nitrogens with zero attached hydrogens (tertiary/aromatic N) is 4. The van der Waals surface area contributed by atoms with Crippen LogP contribution in [-0.2, 0) is 14.9 Å². The van der Waals surface area contributed by atoms with Gasteiger partial charge in [0, 0.05) is 36.0 Å². The van der Waals surface area contributed by atoms with E-state index in [1.807, 2.05) is 0 Å². The van der Waals surface area contributed by atoms with Crippen molar-refractivity contribution in [2.24, 2.45) is 5.92 Å². The van der Waals surface area contributed by atoms with E-state index in [-0.39, 0.29) is 18.1 Å². The number of hydrogen-bond acceptors (Lipinski definition) is 6. The molecule has 1 aliphatic carbocycles. The highest BCUT2D eigenvalue weighted by Crippen LogP contribution is 2.31. The molecule has 3 rings (SSSR count). The maximum Gasteiger partial charge on any atom is 0.318 e. The van der Waals surface area contributed by atoms with Crippen molar-refractivity contribution in [1.29, 1.82) is 0 Å². The second-order valence-electron chi connectivity index (χ2n) is 8.69. The van der Waals surface area contributed by atoms with Crippen molar-refractivity contribution in [3.05, 3.63) is 41.9 Å². The van der Waals surface area contributed by atoms with Gasteiger partial charge in [-0.1, -0.05) is 6.92 Å². The van der Waals surface area contributed by atoms with Crippen molar-refractivity contribution in [3.63, 3.8) is 0 Å². The number of thiol groups is 1. The standard InChI is InChI=1S/C23H33N5O4S/c1-5-10-28(13-17-6-7-17)21-12-20(24-15-25-21)23(31)26-19-9-8-18(11-16(19)2)33(4,32)27(3)14-22(29)30/h8-9,11-12,15,17,33H,5-7,10,13-14H2,1-4H3,(H,26,31)(H,29,30). The van der Waals surface area contributed by atoms with E-state index in [4.69, 9.17) is 5.11 Å². The summed E-state index contributed by atoms with van der Waals surface area (Å²) < 4.78 is 14.5. The van der Waals surface area contributed by atoms with E-state index in [0.717, 1.165) is 30.9 Å². The highest BCUT2D eigenvalue weighted by molar-refractivity contribution is 8.00. The molecule has 0 unspecified atom stereocenters. The molecule has 0 atom stereocenters. The topological polar surface area (TPSA) is 116 Å². The lowest BCUT2D eigenvalue weighted by Gasteiger charge is -2.29. The number of carboxylic acids is 1. The van der Waals surface area contributed by atoms with Gasteiger partial charge in [-0.15, -0.1) is 0 Å². The predicted octanol–water partition coefficient (Wildman–Crippen LogP) is 2.60. The minimum Gasteiger partial charge on any atom is -0.480 e. The SMILES string of the molecule is CCCN(CC1CC1)c1cc(C(=O)Nc2ccc([SH](C)(=O)N(C)CC(=O)O)cc2C)ncn1. The molecule has 2 aromatic rings. The van der Waals surface area contributed by atoms with Gasteiger partial charge in [-0.05, 0) is 73.0 Å². The molecule has 1 fully saturated rings. The number of aliphatic carboxylic acids is 1. The molecule has 33 heavy (non-hydrogen) atoms. The summed E-state index contributed by atoms with van der Waals surface area (Å²) >= 11 is 0. The highest BCUT2D eigenvalue weighted by atomic mass is 32.3. The van der Waals surface area contributed by atoms with Gasteiger partial charge in [-0.2, -0.15) is 0 Å². The number of hydrogen-bond donors (Lipinski definition) is 3. The zero-order valence-electron chi connectivity index (χ0n) is 19.6. The van der Waals surface area contributed by atoms with Crippen LogP contribution in [0.15, 0.2) is 35.5 Å². The molecule has 180 valence electrons. The summed E-state index contributed by atoms with van der Waals surface area (Å²) in [6.07, 6.45) is 6.43. The number of carbonyl (C=O) groups is 2. The number of aromatic nitrogens is 2. The summed E-state index contributed by atoms with van der Waals surface area (Å²) in [5.41, 5.74) is 1.58. The fourth-order valence-corrected chi connectivity index (χ4v) is 5.16. The van der Waals surface area contributed by atoms with Gasteiger partial charge in [0.25, 0.3) is 5.91 Å². The Bertz CT molecular complexity index is 1070. The fraction of sp³-hybridized carbons (Fsp3) is 0.478. The zero-order valence-corrected chi connectivity index (χ0v) is 20.5. The lowest BCUT2D eigenvalue weighted by Crippen LogP contribution is -2.36. The van der Waals surface area contributed by atoms with E-state index in [9.17, 15) is 13.8 Å². The van der Waals surface area contributed by atoms with Crippen LogP contribution in [0.4, 0.5) is 11.5 Å². The Labute approximate surface area is 195 Å². The first-order chi connectivity index (χ1) is 15.6. The summed E-state index contributed by atoms with van der Waals surface area (Å²) in [4.78, 5) is 35.2. The van der Waals surface area contributed by atoms with E-state index in [1.165, 1.54) is 36.8 Å². The van der Waals surface area contributed by atoms with Gasteiger partial charge >= 0.3 is 5.97 Å². The summed E-state index contributed by atoms with van der Waals surface area (Å²) in [6, 6.07) is 6.79. The number of anilines is 2. The van der Waals surface area contributed by atoms with Gasteiger partial charge in [-0.3, -0.25) is 13.8 Å². The number of amides is 1. The molecule has 1 aliphatic rings. The molecule has 0 saturated heterocycles. The average Bonchev–Trinajstić information content (AvgIpc) is 3.58. The molecule has 1 aromatic heterocycles. The Kier molecular flexibility index (Phi) is 7.80. The minimum absolute atomic E-state index is 0.280. The van der Waals surface area contributed by atoms with Crippen LogP contribution in [0.2, 0.25) is 0 Å². The van der Waals surface area contributed by atoms with Crippen LogP contribution in [0.25, 0.3) is 0 Å². The first-order valence-corrected chi connectivity index (χ1v) is 13.2. The molecule has 9 nitrogen and oxygen atoms in total. The molecule has 1 aromatic carbocycles. The Balaban J connectivity index is 1.75. The minimum atomic E-state index is -3.05. The Morgan fingerprint density at radius 1 is 1.24 bits per heavy atom. The maximum atomic E-state index is 13.1. The number of aryl methyl sites for hydroxylation is 1. The van der Waals surface area contributed by atoms with Crippen molar-refractivity contribution < 1.29 is 18.9 Å². The van der Waals surface area contributed by atoms with E-state index in [1.54, 1.807) is 31.2 Å². The molecule has 0 radical (unpaired) electrons. The Morgan fingerprint density at radius 3 is 2.58 bits per heavy atom. The monoisotopic (exact) mass is 475 g/mol. The van der Waals surface area contributed by atoms with Gasteiger partial charge in [0.15, 0.2) is 0 Å². The molecular formula is C23H33N5O4S. The van der Waals surface area contributed by atoms with Crippen molar-refractivity contribution >= 4 is 33.5 Å². The van der Waals surface area contributed by atoms with Crippen LogP contribution in [0.1, 0.15) is 42.2 Å². The molecule has 1 amide bonds. The Hall–Kier alpha value is -2.85. The number of likely N-dealkylation sites (N-methyl/N-ethyl adjacent to an activating group) is 1. The number of nitrogens with one attached hydrogen (secondary N) is 1. The zero-order chi connectivity index (χ0) is 24.2. The molecule has 1 saturated carbocycles. The summed E-state index contributed by atoms with van der Waals surface area (Å²) in [5.74, 6) is 0.0671. The van der Waals surface area contributed by atoms with Crippen LogP contribution < -0.4 is 10.2 Å². The maximum absolute atomic E-state index is 13.1. The van der Waals surface area contributed by atoms with Crippen molar-refractivity contribution in [2.75, 3.05) is 43.2 Å². The lowest BCUT2D eigenvalue weighted by molar-refractivity contribution is -0.136. The molecular weight excluding hydrogens is 442 g/mol. The van der Waals surface area contributed by atoms with E-state index < -0.39 is 16.1 Å². The molecule has 10 heteroatoms. The first-order valence-electron chi connectivity index (χ1n) is 11.1. The van der Waals surface area contributed by atoms with Gasteiger partial charge in [-0.25, -0.2) is 14.3 Å². The molecule has 0 spiro atoms. The number of rotatable bonds is 11. The molecule has 0 aliphatic heterocycles. The van der Waals surface area contributed by atoms with Crippen LogP contribution >= 0.6 is 0 Å². The second kappa shape index (κ2) is 10.4. The number of carbonyl (C=O) groups excluding carboxylic acids is 1. The van der Waals surface area contributed by atoms with Gasteiger partial charge < -0.3 is 15.3 Å². The van der Waals surface area contributed by atoms with Crippen molar-refractivity contribution in [2.45, 2.75) is 38.0 Å². The van der Waals surface area contributed by atoms with Crippen molar-refractivity contribution in [1.82, 2.24) is 14.3 Å². The van der Waals surface area contributed by atoms with E-state index >= 15 is 0 Å². The van der Waals surface area contributed by atoms with Gasteiger partial charge in [0.2, 0.25) is 0 Å². The van der Waals surface area contributed by atoms with Crippen LogP contribution in [-0.4, -0.2) is 68.4 Å². The average molecular weight is 476 g/mol. The quantitative estimate of drug-likeness (QED) is 0.428. The van der Waals surface area contributed by atoms with E-state index in [0.29, 0.717) is 16.5 Å². The van der Waals surface area contributed by atoms with E-state index in [2.05, 4.69) is 27.1 Å². The molecule has 0 bridgehead atoms. The fourth-order valence-electron chi connectivity index (χ4n) is 3.59. The summed E-state index contributed by atoms with van der Waals surface area (Å²) in [6.45, 7) is 5.43. The third kappa shape index (κ3) is 6.35. The predicted molar refractivity (Wildman–Crippen MR) is 130 cm³/mol. The van der Waals surface area contributed by atoms with Crippen molar-refractivity contribution in [3.8, 4) is 0 Å². The third-order valence-electron chi connectivity index (χ3n) is 5.83. The largest absolute Gasteiger partial charge is 0.480 e. The van der Waals surface area contributed by atoms with Crippen LogP contribution in [0.5, 0.6) is 0 Å². The van der Waals surface area contributed by atoms with Crippen LogP contribution in [0, 0.1) is 12.8 Å². The third-order valence-corrected chi connectivity index (χ3v) is 8.51. The van der Waals surface area contributed by atoms with Gasteiger partial charge in [0.05, 0.1) is 0 Å². The Morgan fingerprint density at radius 2 is 1.97 bits per heavy atom. The number of benzene rings is 1. The summed E-state index contributed by atoms with van der Waals surface area (Å²) in [7, 11) is -1.52.